The second-order valence-electron chi connectivity index (χ2n) is 8.47. The molecular weight excluding hydrogens is 440 g/mol. The molecular formula is C29H34N2O2S. The summed E-state index contributed by atoms with van der Waals surface area (Å²) in [5, 5.41) is 2.95. The summed E-state index contributed by atoms with van der Waals surface area (Å²) in [6.45, 7) is 6.98. The van der Waals surface area contributed by atoms with Crippen molar-refractivity contribution in [3.63, 3.8) is 0 Å². The SMILES string of the molecule is CCNC(=O)[C@@H](Cc1ccccc1)N(Cc1ccccc1C)C(=O)CSCc1ccccc1C. The van der Waals surface area contributed by atoms with Gasteiger partial charge in [0, 0.05) is 25.3 Å². The van der Waals surface area contributed by atoms with Crippen LogP contribution in [0.3, 0.4) is 0 Å². The molecule has 3 aromatic rings. The van der Waals surface area contributed by atoms with E-state index in [2.05, 4.69) is 24.4 Å². The van der Waals surface area contributed by atoms with Crippen LogP contribution in [0.1, 0.15) is 34.7 Å². The smallest absolute Gasteiger partial charge is 0.243 e. The summed E-state index contributed by atoms with van der Waals surface area (Å²) in [6.07, 6.45) is 0.479. The number of carbonyl (C=O) groups excluding carboxylic acids is 2. The Kier molecular flexibility index (Phi) is 9.77. The molecule has 4 nitrogen and oxygen atoms in total. The number of hydrogen-bond donors (Lipinski definition) is 1. The monoisotopic (exact) mass is 474 g/mol. The Morgan fingerprint density at radius 3 is 2.06 bits per heavy atom. The summed E-state index contributed by atoms with van der Waals surface area (Å²) in [5.41, 5.74) is 5.66. The fourth-order valence-electron chi connectivity index (χ4n) is 3.92. The maximum Gasteiger partial charge on any atom is 0.243 e. The van der Waals surface area contributed by atoms with Gasteiger partial charge in [-0.1, -0.05) is 78.9 Å². The maximum atomic E-state index is 13.6. The first-order valence-corrected chi connectivity index (χ1v) is 12.9. The van der Waals surface area contributed by atoms with Crippen molar-refractivity contribution >= 4 is 23.6 Å². The van der Waals surface area contributed by atoms with E-state index >= 15 is 0 Å². The van der Waals surface area contributed by atoms with Gasteiger partial charge in [0.2, 0.25) is 11.8 Å². The minimum absolute atomic E-state index is 0.0194. The fraction of sp³-hybridized carbons (Fsp3) is 0.310. The Hall–Kier alpha value is -3.05. The molecule has 0 aliphatic rings. The summed E-state index contributed by atoms with van der Waals surface area (Å²) >= 11 is 1.60. The van der Waals surface area contributed by atoms with Crippen LogP contribution < -0.4 is 5.32 Å². The van der Waals surface area contributed by atoms with Crippen LogP contribution in [0.5, 0.6) is 0 Å². The summed E-state index contributed by atoms with van der Waals surface area (Å²) in [6, 6.07) is 25.6. The molecule has 0 unspecified atom stereocenters. The van der Waals surface area contributed by atoms with E-state index in [-0.39, 0.29) is 11.8 Å². The third-order valence-electron chi connectivity index (χ3n) is 5.97. The Morgan fingerprint density at radius 1 is 0.853 bits per heavy atom. The zero-order valence-corrected chi connectivity index (χ0v) is 21.1. The normalized spacial score (nSPS) is 11.6. The molecule has 0 radical (unpaired) electrons. The zero-order chi connectivity index (χ0) is 24.3. The number of thioether (sulfide) groups is 1. The summed E-state index contributed by atoms with van der Waals surface area (Å²) in [7, 11) is 0. The van der Waals surface area contributed by atoms with E-state index in [1.807, 2.05) is 80.6 Å². The van der Waals surface area contributed by atoms with E-state index in [0.29, 0.717) is 25.3 Å². The number of amides is 2. The summed E-state index contributed by atoms with van der Waals surface area (Å²) in [5.74, 6) is 0.956. The number of likely N-dealkylation sites (N-methyl/N-ethyl adjacent to an activating group) is 1. The topological polar surface area (TPSA) is 49.4 Å². The lowest BCUT2D eigenvalue weighted by atomic mass is 10.0. The lowest BCUT2D eigenvalue weighted by Crippen LogP contribution is -2.51. The average Bonchev–Trinajstić information content (AvgIpc) is 2.84. The molecule has 0 fully saturated rings. The van der Waals surface area contributed by atoms with Gasteiger partial charge < -0.3 is 10.2 Å². The van der Waals surface area contributed by atoms with Gasteiger partial charge in [-0.25, -0.2) is 0 Å². The minimum atomic E-state index is -0.575. The maximum absolute atomic E-state index is 13.6. The largest absolute Gasteiger partial charge is 0.355 e. The molecule has 0 saturated heterocycles. The highest BCUT2D eigenvalue weighted by Gasteiger charge is 2.30. The van der Waals surface area contributed by atoms with Crippen molar-refractivity contribution in [1.82, 2.24) is 10.2 Å². The van der Waals surface area contributed by atoms with E-state index in [4.69, 9.17) is 0 Å². The van der Waals surface area contributed by atoms with Crippen LogP contribution in [0.15, 0.2) is 78.9 Å². The quantitative estimate of drug-likeness (QED) is 0.410. The van der Waals surface area contributed by atoms with Crippen molar-refractivity contribution in [2.24, 2.45) is 0 Å². The number of nitrogens with zero attached hydrogens (tertiary/aromatic N) is 1. The summed E-state index contributed by atoms with van der Waals surface area (Å²) in [4.78, 5) is 28.6. The molecule has 0 bridgehead atoms. The summed E-state index contributed by atoms with van der Waals surface area (Å²) < 4.78 is 0. The zero-order valence-electron chi connectivity index (χ0n) is 20.3. The standard InChI is InChI=1S/C29H34N2O2S/c1-4-30-29(33)27(18-24-14-6-5-7-15-24)31(19-25-16-10-8-12-22(25)2)28(32)21-34-20-26-17-11-9-13-23(26)3/h5-17,27H,4,18-21H2,1-3H3,(H,30,33)/t27-/m1/s1. The second-order valence-corrected chi connectivity index (χ2v) is 9.45. The molecule has 2 amide bonds. The van der Waals surface area contributed by atoms with Gasteiger partial charge in [-0.15, -0.1) is 11.8 Å². The lowest BCUT2D eigenvalue weighted by molar-refractivity contribution is -0.139. The van der Waals surface area contributed by atoms with E-state index in [0.717, 1.165) is 22.4 Å². The Balaban J connectivity index is 1.84. The third kappa shape index (κ3) is 7.22. The van der Waals surface area contributed by atoms with Gasteiger partial charge in [-0.3, -0.25) is 9.59 Å². The first kappa shape index (κ1) is 25.6. The molecule has 3 aromatic carbocycles. The van der Waals surface area contributed by atoms with Crippen LogP contribution in [0.25, 0.3) is 0 Å². The van der Waals surface area contributed by atoms with Crippen molar-refractivity contribution in [1.29, 1.82) is 0 Å². The van der Waals surface area contributed by atoms with Gasteiger partial charge in [0.05, 0.1) is 5.75 Å². The Bertz CT molecular complexity index is 1080. The number of nitrogens with one attached hydrogen (secondary N) is 1. The van der Waals surface area contributed by atoms with Crippen molar-refractivity contribution in [2.75, 3.05) is 12.3 Å². The predicted molar refractivity (Wildman–Crippen MR) is 142 cm³/mol. The molecule has 34 heavy (non-hydrogen) atoms. The van der Waals surface area contributed by atoms with Crippen molar-refractivity contribution < 1.29 is 9.59 Å². The molecule has 0 aliphatic heterocycles. The fourth-order valence-corrected chi connectivity index (χ4v) is 4.91. The molecule has 1 N–H and O–H groups in total. The van der Waals surface area contributed by atoms with Crippen molar-refractivity contribution in [3.8, 4) is 0 Å². The van der Waals surface area contributed by atoms with E-state index in [1.54, 1.807) is 16.7 Å². The number of rotatable bonds is 11. The average molecular weight is 475 g/mol. The van der Waals surface area contributed by atoms with Gasteiger partial charge >= 0.3 is 0 Å². The van der Waals surface area contributed by atoms with E-state index < -0.39 is 6.04 Å². The van der Waals surface area contributed by atoms with Gasteiger partial charge in [-0.2, -0.15) is 0 Å². The van der Waals surface area contributed by atoms with Gasteiger partial charge in [-0.05, 0) is 48.6 Å². The number of benzene rings is 3. The van der Waals surface area contributed by atoms with E-state index in [9.17, 15) is 9.59 Å². The predicted octanol–water partition coefficient (Wildman–Crippen LogP) is 5.31. The first-order valence-electron chi connectivity index (χ1n) is 11.8. The number of hydrogen-bond acceptors (Lipinski definition) is 3. The molecule has 1 atom stereocenters. The molecule has 3 rings (SSSR count). The van der Waals surface area contributed by atoms with Crippen LogP contribution >= 0.6 is 11.8 Å². The number of aryl methyl sites for hydroxylation is 2. The molecule has 5 heteroatoms. The minimum Gasteiger partial charge on any atom is -0.355 e. The van der Waals surface area contributed by atoms with Crippen molar-refractivity contribution in [2.45, 2.75) is 45.5 Å². The second kappa shape index (κ2) is 13.0. The highest BCUT2D eigenvalue weighted by Crippen LogP contribution is 2.20. The van der Waals surface area contributed by atoms with Crippen LogP contribution in [-0.4, -0.2) is 35.1 Å². The van der Waals surface area contributed by atoms with Gasteiger partial charge in [0.15, 0.2) is 0 Å². The number of carbonyl (C=O) groups is 2. The molecule has 178 valence electrons. The van der Waals surface area contributed by atoms with Crippen LogP contribution in [0, 0.1) is 13.8 Å². The van der Waals surface area contributed by atoms with Crippen molar-refractivity contribution in [3.05, 3.63) is 107 Å². The van der Waals surface area contributed by atoms with Crippen LogP contribution in [0.2, 0.25) is 0 Å². The molecule has 0 spiro atoms. The lowest BCUT2D eigenvalue weighted by Gasteiger charge is -2.32. The molecule has 0 heterocycles. The molecule has 0 aliphatic carbocycles. The van der Waals surface area contributed by atoms with Crippen LogP contribution in [-0.2, 0) is 28.3 Å². The molecule has 0 saturated carbocycles. The first-order chi connectivity index (χ1) is 16.5. The van der Waals surface area contributed by atoms with Crippen LogP contribution in [0.4, 0.5) is 0 Å². The van der Waals surface area contributed by atoms with Gasteiger partial charge in [0.1, 0.15) is 6.04 Å². The third-order valence-corrected chi connectivity index (χ3v) is 6.93. The van der Waals surface area contributed by atoms with E-state index in [1.165, 1.54) is 11.1 Å². The van der Waals surface area contributed by atoms with Gasteiger partial charge in [0.25, 0.3) is 0 Å². The Morgan fingerprint density at radius 2 is 1.44 bits per heavy atom. The highest BCUT2D eigenvalue weighted by atomic mass is 32.2. The highest BCUT2D eigenvalue weighted by molar-refractivity contribution is 7.99. The Labute approximate surface area is 207 Å². The molecule has 0 aromatic heterocycles.